The minimum Gasteiger partial charge on any atom is -0.385 e. The highest BCUT2D eigenvalue weighted by atomic mass is 16.2. The molecule has 0 bridgehead atoms. The Balaban J connectivity index is 0.955. The lowest BCUT2D eigenvalue weighted by Crippen LogP contribution is -2.52. The minimum atomic E-state index is -0.648. The lowest BCUT2D eigenvalue weighted by molar-refractivity contribution is -0.137. The molecule has 6 rings (SSSR count). The Morgan fingerprint density at radius 3 is 2.57 bits per heavy atom. The van der Waals surface area contributed by atoms with Crippen LogP contribution >= 0.6 is 0 Å². The number of nitrogens with zero attached hydrogens (tertiary/aromatic N) is 1. The van der Waals surface area contributed by atoms with Crippen molar-refractivity contribution in [3.63, 3.8) is 0 Å². The fourth-order valence-corrected chi connectivity index (χ4v) is 6.71. The number of unbranched alkanes of at least 4 members (excludes halogenated alkanes) is 2. The third-order valence-electron chi connectivity index (χ3n) is 9.38. The number of amides is 5. The number of rotatable bonds is 12. The monoisotopic (exact) mass is 659 g/mol. The van der Waals surface area contributed by atoms with Crippen LogP contribution < -0.4 is 21.3 Å². The van der Waals surface area contributed by atoms with Crippen molar-refractivity contribution in [2.75, 3.05) is 17.2 Å². The molecule has 1 fully saturated rings. The SMILES string of the molecule is Cc1ccc(NC(=O)CCCCCNc2cccc3c2CN(C2CCC(=O)NC2=O)C3=O)cc1C(=O)N[C@H](C)c1cccc2ccccc12. The second-order valence-corrected chi connectivity index (χ2v) is 12.8. The number of piperidine rings is 1. The van der Waals surface area contributed by atoms with Gasteiger partial charge in [0, 0.05) is 54.0 Å². The van der Waals surface area contributed by atoms with Gasteiger partial charge in [0.25, 0.3) is 11.8 Å². The van der Waals surface area contributed by atoms with Crippen LogP contribution in [0.5, 0.6) is 0 Å². The van der Waals surface area contributed by atoms with Gasteiger partial charge in [0.2, 0.25) is 17.7 Å². The van der Waals surface area contributed by atoms with Crippen molar-refractivity contribution >= 4 is 51.7 Å². The first-order valence-electron chi connectivity index (χ1n) is 16.9. The summed E-state index contributed by atoms with van der Waals surface area (Å²) in [7, 11) is 0. The second-order valence-electron chi connectivity index (χ2n) is 12.8. The molecule has 2 heterocycles. The number of carbonyl (C=O) groups is 5. The number of aryl methyl sites for hydroxylation is 1. The number of carbonyl (C=O) groups excluding carboxylic acids is 5. The highest BCUT2D eigenvalue weighted by Crippen LogP contribution is 2.32. The molecule has 5 amide bonds. The average Bonchev–Trinajstić information content (AvgIpc) is 3.43. The molecule has 4 aromatic rings. The summed E-state index contributed by atoms with van der Waals surface area (Å²) in [4.78, 5) is 64.6. The topological polar surface area (TPSA) is 137 Å². The van der Waals surface area contributed by atoms with E-state index in [2.05, 4.69) is 39.5 Å². The first-order chi connectivity index (χ1) is 23.7. The van der Waals surface area contributed by atoms with E-state index in [4.69, 9.17) is 0 Å². The van der Waals surface area contributed by atoms with Gasteiger partial charge >= 0.3 is 0 Å². The molecule has 4 N–H and O–H groups in total. The number of nitrogens with one attached hydrogen (secondary N) is 4. The van der Waals surface area contributed by atoms with E-state index in [9.17, 15) is 24.0 Å². The smallest absolute Gasteiger partial charge is 0.255 e. The maximum atomic E-state index is 13.3. The predicted molar refractivity (Wildman–Crippen MR) is 189 cm³/mol. The van der Waals surface area contributed by atoms with Crippen LogP contribution in [0.15, 0.2) is 78.9 Å². The summed E-state index contributed by atoms with van der Waals surface area (Å²) in [5.74, 6) is -1.24. The number of anilines is 2. The number of benzene rings is 4. The van der Waals surface area contributed by atoms with E-state index in [-0.39, 0.29) is 36.1 Å². The fraction of sp³-hybridized carbons (Fsp3) is 0.308. The van der Waals surface area contributed by atoms with Crippen LogP contribution in [-0.2, 0) is 20.9 Å². The Labute approximate surface area is 285 Å². The molecule has 0 radical (unpaired) electrons. The fourth-order valence-electron chi connectivity index (χ4n) is 6.71. The van der Waals surface area contributed by atoms with Crippen LogP contribution in [-0.4, -0.2) is 47.0 Å². The number of hydrogen-bond donors (Lipinski definition) is 4. The summed E-state index contributed by atoms with van der Waals surface area (Å²) in [6.45, 7) is 4.84. The lowest BCUT2D eigenvalue weighted by atomic mass is 9.99. The predicted octanol–water partition coefficient (Wildman–Crippen LogP) is 6.01. The van der Waals surface area contributed by atoms with Crippen molar-refractivity contribution in [1.82, 2.24) is 15.5 Å². The summed E-state index contributed by atoms with van der Waals surface area (Å²) in [6, 6.07) is 24.2. The van der Waals surface area contributed by atoms with Gasteiger partial charge < -0.3 is 20.9 Å². The van der Waals surface area contributed by atoms with E-state index in [0.29, 0.717) is 49.2 Å². The molecule has 49 heavy (non-hydrogen) atoms. The van der Waals surface area contributed by atoms with Crippen molar-refractivity contribution in [2.24, 2.45) is 0 Å². The third-order valence-corrected chi connectivity index (χ3v) is 9.38. The molecule has 252 valence electrons. The molecule has 1 saturated heterocycles. The van der Waals surface area contributed by atoms with E-state index < -0.39 is 11.9 Å². The molecule has 10 heteroatoms. The van der Waals surface area contributed by atoms with Gasteiger partial charge in [0.1, 0.15) is 6.04 Å². The maximum absolute atomic E-state index is 13.3. The molecule has 4 aromatic carbocycles. The Bertz CT molecular complexity index is 1930. The number of imide groups is 1. The molecule has 2 aliphatic heterocycles. The minimum absolute atomic E-state index is 0.111. The van der Waals surface area contributed by atoms with Crippen LogP contribution in [0.2, 0.25) is 0 Å². The van der Waals surface area contributed by atoms with Crippen molar-refractivity contribution in [1.29, 1.82) is 0 Å². The van der Waals surface area contributed by atoms with Crippen LogP contribution in [0.1, 0.15) is 88.9 Å². The van der Waals surface area contributed by atoms with Crippen molar-refractivity contribution in [2.45, 2.75) is 71.0 Å². The standard InChI is InChI=1S/C39H41N5O5/c1-24-17-18-27(22-31(24)37(47)41-25(2)28-13-8-11-26-10-5-6-12-29(26)28)42-35(45)16-4-3-7-21-40-33-15-9-14-30-32(33)23-44(39(30)49)34-19-20-36(46)43-38(34)48/h5-6,8-15,17-18,22,25,34,40H,3-4,7,16,19-21,23H2,1-2H3,(H,41,47)(H,42,45)(H,43,46,48)/t25-,34?/m1/s1. The molecule has 2 aliphatic rings. The zero-order chi connectivity index (χ0) is 34.5. The first kappa shape index (κ1) is 33.4. The van der Waals surface area contributed by atoms with E-state index >= 15 is 0 Å². The summed E-state index contributed by atoms with van der Waals surface area (Å²) in [5, 5.41) is 14.0. The Hall–Kier alpha value is -5.51. The number of hydrogen-bond acceptors (Lipinski definition) is 6. The molecule has 0 spiro atoms. The molecule has 2 atom stereocenters. The lowest BCUT2D eigenvalue weighted by Gasteiger charge is -2.29. The largest absolute Gasteiger partial charge is 0.385 e. The Morgan fingerprint density at radius 1 is 0.939 bits per heavy atom. The maximum Gasteiger partial charge on any atom is 0.255 e. The first-order valence-corrected chi connectivity index (χ1v) is 16.9. The highest BCUT2D eigenvalue weighted by molar-refractivity contribution is 6.06. The Kier molecular flexibility index (Phi) is 10.0. The summed E-state index contributed by atoms with van der Waals surface area (Å²) < 4.78 is 0. The summed E-state index contributed by atoms with van der Waals surface area (Å²) >= 11 is 0. The van der Waals surface area contributed by atoms with Gasteiger partial charge in [-0.3, -0.25) is 29.3 Å². The van der Waals surface area contributed by atoms with Gasteiger partial charge in [-0.1, -0.05) is 61.0 Å². The molecule has 0 aromatic heterocycles. The van der Waals surface area contributed by atoms with E-state index in [1.165, 1.54) is 0 Å². The highest BCUT2D eigenvalue weighted by Gasteiger charge is 2.39. The summed E-state index contributed by atoms with van der Waals surface area (Å²) in [5.41, 5.74) is 5.25. The van der Waals surface area contributed by atoms with Crippen LogP contribution in [0.3, 0.4) is 0 Å². The normalized spacial score (nSPS) is 16.2. The second kappa shape index (κ2) is 14.7. The molecular formula is C39H41N5O5. The van der Waals surface area contributed by atoms with Crippen molar-refractivity contribution in [3.8, 4) is 0 Å². The molecule has 1 unspecified atom stereocenters. The van der Waals surface area contributed by atoms with Crippen LogP contribution in [0, 0.1) is 6.92 Å². The molecule has 0 aliphatic carbocycles. The van der Waals surface area contributed by atoms with Gasteiger partial charge in [-0.2, -0.15) is 0 Å². The van der Waals surface area contributed by atoms with Gasteiger partial charge in [-0.05, 0) is 79.3 Å². The van der Waals surface area contributed by atoms with E-state index in [1.807, 2.05) is 62.4 Å². The van der Waals surface area contributed by atoms with Gasteiger partial charge in [-0.15, -0.1) is 0 Å². The van der Waals surface area contributed by atoms with Gasteiger partial charge in [0.05, 0.1) is 6.04 Å². The zero-order valence-electron chi connectivity index (χ0n) is 27.8. The molecule has 10 nitrogen and oxygen atoms in total. The van der Waals surface area contributed by atoms with Crippen molar-refractivity contribution in [3.05, 3.63) is 107 Å². The quantitative estimate of drug-likeness (QED) is 0.109. The molecular weight excluding hydrogens is 618 g/mol. The average molecular weight is 660 g/mol. The van der Waals surface area contributed by atoms with Crippen LogP contribution in [0.4, 0.5) is 11.4 Å². The summed E-state index contributed by atoms with van der Waals surface area (Å²) in [6.07, 6.45) is 3.24. The van der Waals surface area contributed by atoms with E-state index in [1.54, 1.807) is 17.0 Å². The number of fused-ring (bicyclic) bond motifs is 2. The van der Waals surface area contributed by atoms with Gasteiger partial charge in [-0.25, -0.2) is 0 Å². The third kappa shape index (κ3) is 7.48. The molecule has 0 saturated carbocycles. The Morgan fingerprint density at radius 2 is 1.73 bits per heavy atom. The van der Waals surface area contributed by atoms with Gasteiger partial charge in [0.15, 0.2) is 0 Å². The van der Waals surface area contributed by atoms with Crippen molar-refractivity contribution < 1.29 is 24.0 Å². The zero-order valence-corrected chi connectivity index (χ0v) is 27.8. The van der Waals surface area contributed by atoms with Crippen LogP contribution in [0.25, 0.3) is 10.8 Å². The van der Waals surface area contributed by atoms with E-state index in [0.717, 1.165) is 46.0 Å².